The van der Waals surface area contributed by atoms with E-state index in [9.17, 15) is 4.79 Å². The van der Waals surface area contributed by atoms with Crippen LogP contribution < -0.4 is 0 Å². The highest BCUT2D eigenvalue weighted by atomic mass is 28.4. The van der Waals surface area contributed by atoms with E-state index < -0.39 is 8.32 Å². The minimum Gasteiger partial charge on any atom is -0.520 e. The van der Waals surface area contributed by atoms with Crippen LogP contribution in [0.5, 0.6) is 0 Å². The number of carbonyl (C=O) groups excluding carboxylic acids is 1. The number of carbonyl (C=O) groups is 1. The van der Waals surface area contributed by atoms with Crippen LogP contribution in [0.3, 0.4) is 0 Å². The molecule has 140 valence electrons. The zero-order valence-electron chi connectivity index (χ0n) is 16.6. The summed E-state index contributed by atoms with van der Waals surface area (Å²) in [5.74, 6) is -0.000140. The summed E-state index contributed by atoms with van der Waals surface area (Å²) in [5.41, 5.74) is 0. The molecule has 0 amide bonds. The molecule has 0 aromatic carbocycles. The Morgan fingerprint density at radius 2 is 1.33 bits per heavy atom. The third kappa shape index (κ3) is 19.2. The van der Waals surface area contributed by atoms with E-state index in [1.807, 2.05) is 0 Å². The van der Waals surface area contributed by atoms with E-state index in [0.29, 0.717) is 6.42 Å². The minimum absolute atomic E-state index is 0.000140. The van der Waals surface area contributed by atoms with E-state index in [1.165, 1.54) is 51.4 Å². The maximum Gasteiger partial charge on any atom is 0.292 e. The Morgan fingerprint density at radius 3 is 1.92 bits per heavy atom. The quantitative estimate of drug-likeness (QED) is 0.177. The van der Waals surface area contributed by atoms with Crippen LogP contribution in [0, 0.1) is 0 Å². The highest BCUT2D eigenvalue weighted by Gasteiger charge is 2.19. The van der Waals surface area contributed by atoms with Crippen LogP contribution >= 0.6 is 0 Å². The predicted octanol–water partition coefficient (Wildman–Crippen LogP) is 7.18. The third-order valence-corrected chi connectivity index (χ3v) is 4.59. The van der Waals surface area contributed by atoms with Crippen molar-refractivity contribution >= 4 is 14.3 Å². The molecule has 0 saturated carbocycles. The van der Waals surface area contributed by atoms with E-state index in [-0.39, 0.29) is 5.97 Å². The molecule has 0 spiro atoms. The summed E-state index contributed by atoms with van der Waals surface area (Å²) in [5, 5.41) is 0. The first-order chi connectivity index (χ1) is 11.5. The lowest BCUT2D eigenvalue weighted by Gasteiger charge is -2.17. The molecule has 0 fully saturated rings. The fourth-order valence-electron chi connectivity index (χ4n) is 2.47. The van der Waals surface area contributed by atoms with Crippen molar-refractivity contribution in [1.82, 2.24) is 0 Å². The number of unbranched alkanes of at least 4 members (excludes halogenated alkanes) is 8. The zero-order valence-corrected chi connectivity index (χ0v) is 17.6. The average Bonchev–Trinajstić information content (AvgIpc) is 2.49. The third-order valence-electron chi connectivity index (χ3n) is 3.75. The van der Waals surface area contributed by atoms with E-state index >= 15 is 0 Å². The lowest BCUT2D eigenvalue weighted by molar-refractivity contribution is -0.135. The van der Waals surface area contributed by atoms with Gasteiger partial charge < -0.3 is 4.43 Å². The summed E-state index contributed by atoms with van der Waals surface area (Å²) in [7, 11) is -1.69. The van der Waals surface area contributed by atoms with Gasteiger partial charge in [0, 0.05) is 6.42 Å². The van der Waals surface area contributed by atoms with Gasteiger partial charge in [0.15, 0.2) is 0 Å². The molecule has 0 aliphatic rings. The highest BCUT2D eigenvalue weighted by Crippen LogP contribution is 2.10. The molecule has 24 heavy (non-hydrogen) atoms. The largest absolute Gasteiger partial charge is 0.520 e. The van der Waals surface area contributed by atoms with Crippen LogP contribution in [0.25, 0.3) is 0 Å². The SMILES string of the molecule is CCCCC/C=C\C/C=C\CCCCCCCC(=O)O[Si](C)(C)C. The van der Waals surface area contributed by atoms with Gasteiger partial charge in [-0.25, -0.2) is 0 Å². The van der Waals surface area contributed by atoms with Gasteiger partial charge >= 0.3 is 0 Å². The minimum atomic E-state index is -1.69. The van der Waals surface area contributed by atoms with Crippen molar-refractivity contribution in [3.8, 4) is 0 Å². The molecule has 0 aromatic heterocycles. The number of hydrogen-bond acceptors (Lipinski definition) is 2. The second-order valence-electron chi connectivity index (χ2n) is 7.57. The maximum atomic E-state index is 11.6. The van der Waals surface area contributed by atoms with Crippen molar-refractivity contribution in [2.24, 2.45) is 0 Å². The highest BCUT2D eigenvalue weighted by molar-refractivity contribution is 6.71. The molecular weight excluding hydrogens is 312 g/mol. The number of allylic oxidation sites excluding steroid dienone is 4. The number of rotatable bonds is 15. The Hall–Kier alpha value is -0.833. The van der Waals surface area contributed by atoms with E-state index in [0.717, 1.165) is 19.3 Å². The fourth-order valence-corrected chi connectivity index (χ4v) is 3.26. The summed E-state index contributed by atoms with van der Waals surface area (Å²) in [4.78, 5) is 11.6. The molecule has 0 aliphatic heterocycles. The molecule has 0 atom stereocenters. The Balaban J connectivity index is 3.33. The van der Waals surface area contributed by atoms with Gasteiger partial charge in [-0.2, -0.15) is 0 Å². The Labute approximate surface area is 151 Å². The van der Waals surface area contributed by atoms with Crippen molar-refractivity contribution in [3.63, 3.8) is 0 Å². The van der Waals surface area contributed by atoms with Crippen molar-refractivity contribution in [2.45, 2.75) is 104 Å². The normalized spacial score (nSPS) is 12.3. The van der Waals surface area contributed by atoms with Crippen LogP contribution in [-0.4, -0.2) is 14.3 Å². The van der Waals surface area contributed by atoms with Gasteiger partial charge in [-0.3, -0.25) is 4.79 Å². The maximum absolute atomic E-state index is 11.6. The van der Waals surface area contributed by atoms with Crippen molar-refractivity contribution in [2.75, 3.05) is 0 Å². The van der Waals surface area contributed by atoms with Crippen LogP contribution in [0.2, 0.25) is 19.6 Å². The first-order valence-electron chi connectivity index (χ1n) is 9.97. The Morgan fingerprint density at radius 1 is 0.792 bits per heavy atom. The molecule has 0 saturated heterocycles. The molecule has 2 nitrogen and oxygen atoms in total. The first-order valence-corrected chi connectivity index (χ1v) is 13.4. The van der Waals surface area contributed by atoms with Gasteiger partial charge in [-0.1, -0.05) is 63.3 Å². The summed E-state index contributed by atoms with van der Waals surface area (Å²) in [6, 6.07) is 0. The monoisotopic (exact) mass is 352 g/mol. The van der Waals surface area contributed by atoms with Gasteiger partial charge in [-0.05, 0) is 58.2 Å². The second kappa shape index (κ2) is 15.7. The first kappa shape index (κ1) is 23.2. The molecule has 0 rings (SSSR count). The molecule has 3 heteroatoms. The topological polar surface area (TPSA) is 26.3 Å². The lowest BCUT2D eigenvalue weighted by atomic mass is 10.1. The van der Waals surface area contributed by atoms with Crippen LogP contribution in [0.4, 0.5) is 0 Å². The van der Waals surface area contributed by atoms with Crippen molar-refractivity contribution in [3.05, 3.63) is 24.3 Å². The van der Waals surface area contributed by atoms with Gasteiger partial charge in [0.25, 0.3) is 5.97 Å². The lowest BCUT2D eigenvalue weighted by Crippen LogP contribution is -2.28. The van der Waals surface area contributed by atoms with Crippen LogP contribution in [-0.2, 0) is 9.22 Å². The number of hydrogen-bond donors (Lipinski definition) is 0. The summed E-state index contributed by atoms with van der Waals surface area (Å²) >= 11 is 0. The fraction of sp³-hybridized carbons (Fsp3) is 0.762. The van der Waals surface area contributed by atoms with Gasteiger partial charge in [0.05, 0.1) is 0 Å². The summed E-state index contributed by atoms with van der Waals surface area (Å²) < 4.78 is 5.44. The molecule has 0 aliphatic carbocycles. The van der Waals surface area contributed by atoms with Crippen molar-refractivity contribution in [1.29, 1.82) is 0 Å². The van der Waals surface area contributed by atoms with Crippen LogP contribution in [0.15, 0.2) is 24.3 Å². The summed E-state index contributed by atoms with van der Waals surface area (Å²) in [6.45, 7) is 8.41. The molecule has 0 aromatic rings. The predicted molar refractivity (Wildman–Crippen MR) is 109 cm³/mol. The smallest absolute Gasteiger partial charge is 0.292 e. The van der Waals surface area contributed by atoms with Gasteiger partial charge in [-0.15, -0.1) is 0 Å². The Bertz CT molecular complexity index is 353. The van der Waals surface area contributed by atoms with E-state index in [1.54, 1.807) is 0 Å². The average molecular weight is 353 g/mol. The Kier molecular flexibility index (Phi) is 15.1. The van der Waals surface area contributed by atoms with E-state index in [4.69, 9.17) is 4.43 Å². The van der Waals surface area contributed by atoms with E-state index in [2.05, 4.69) is 50.9 Å². The standard InChI is InChI=1S/C21H40O2Si/c1-5-6-7-8-9-10-11-12-13-14-15-16-17-18-19-20-21(22)23-24(2,3)4/h9-10,12-13H,5-8,11,14-20H2,1-4H3/b10-9-,13-12-. The second-order valence-corrected chi connectivity index (χ2v) is 12.0. The molecule has 0 radical (unpaired) electrons. The van der Waals surface area contributed by atoms with Gasteiger partial charge in [0.2, 0.25) is 8.32 Å². The molecule has 0 N–H and O–H groups in total. The molecule has 0 heterocycles. The molecular formula is C21H40O2Si. The van der Waals surface area contributed by atoms with Gasteiger partial charge in [0.1, 0.15) is 0 Å². The molecule has 0 unspecified atom stereocenters. The van der Waals surface area contributed by atoms with Crippen molar-refractivity contribution < 1.29 is 9.22 Å². The summed E-state index contributed by atoms with van der Waals surface area (Å²) in [6.07, 6.45) is 23.1. The zero-order chi connectivity index (χ0) is 18.1. The van der Waals surface area contributed by atoms with Crippen LogP contribution in [0.1, 0.15) is 84.0 Å². The molecule has 0 bridgehead atoms.